The lowest BCUT2D eigenvalue weighted by Crippen LogP contribution is -2.02. The fraction of sp³-hybridized carbons (Fsp3) is 0.375. The SMILES string of the molecule is COCc1nn(Cc2ccc3c(c2)CCC3)cc1C(=O)O. The second-order valence-electron chi connectivity index (χ2n) is 5.38. The molecule has 0 unspecified atom stereocenters. The van der Waals surface area contributed by atoms with E-state index in [1.54, 1.807) is 10.9 Å². The Labute approximate surface area is 123 Å². The fourth-order valence-electron chi connectivity index (χ4n) is 2.87. The lowest BCUT2D eigenvalue weighted by molar-refractivity contribution is 0.0691. The van der Waals surface area contributed by atoms with Crippen LogP contribution in [0.1, 0.15) is 39.2 Å². The van der Waals surface area contributed by atoms with Crippen molar-refractivity contribution in [1.29, 1.82) is 0 Å². The number of aromatic carboxylic acids is 1. The molecule has 1 aliphatic rings. The topological polar surface area (TPSA) is 64.4 Å². The molecule has 0 spiro atoms. The van der Waals surface area contributed by atoms with Gasteiger partial charge in [-0.15, -0.1) is 0 Å². The van der Waals surface area contributed by atoms with Crippen molar-refractivity contribution in [2.75, 3.05) is 7.11 Å². The monoisotopic (exact) mass is 286 g/mol. The summed E-state index contributed by atoms with van der Waals surface area (Å²) in [6.07, 6.45) is 5.10. The highest BCUT2D eigenvalue weighted by Gasteiger charge is 2.16. The van der Waals surface area contributed by atoms with Gasteiger partial charge in [0.05, 0.1) is 13.2 Å². The van der Waals surface area contributed by atoms with Crippen molar-refractivity contribution < 1.29 is 14.6 Å². The number of rotatable bonds is 5. The number of methoxy groups -OCH3 is 1. The molecule has 0 saturated carbocycles. The Balaban J connectivity index is 1.84. The summed E-state index contributed by atoms with van der Waals surface area (Å²) in [6, 6.07) is 6.48. The van der Waals surface area contributed by atoms with Crippen LogP contribution in [0.5, 0.6) is 0 Å². The maximum absolute atomic E-state index is 11.2. The molecule has 0 amide bonds. The number of aryl methyl sites for hydroxylation is 2. The van der Waals surface area contributed by atoms with Crippen molar-refractivity contribution >= 4 is 5.97 Å². The molecule has 1 heterocycles. The molecule has 5 nitrogen and oxygen atoms in total. The Hall–Kier alpha value is -2.14. The van der Waals surface area contributed by atoms with Gasteiger partial charge in [0.25, 0.3) is 0 Å². The number of carboxylic acids is 1. The van der Waals surface area contributed by atoms with Crippen molar-refractivity contribution in [2.24, 2.45) is 0 Å². The van der Waals surface area contributed by atoms with E-state index in [1.165, 1.54) is 31.1 Å². The van der Waals surface area contributed by atoms with Crippen LogP contribution in [0.25, 0.3) is 0 Å². The standard InChI is InChI=1S/C16H18N2O3/c1-21-10-15-14(16(19)20)9-18(17-15)8-11-5-6-12-3-2-4-13(12)7-11/h5-7,9H,2-4,8,10H2,1H3,(H,19,20). The zero-order chi connectivity index (χ0) is 14.8. The molecule has 1 aliphatic carbocycles. The summed E-state index contributed by atoms with van der Waals surface area (Å²) < 4.78 is 6.68. The average Bonchev–Trinajstić information content (AvgIpc) is 3.05. The van der Waals surface area contributed by atoms with Gasteiger partial charge in [-0.2, -0.15) is 5.10 Å². The highest BCUT2D eigenvalue weighted by Crippen LogP contribution is 2.23. The molecule has 3 rings (SSSR count). The third-order valence-electron chi connectivity index (χ3n) is 3.86. The molecule has 0 aliphatic heterocycles. The number of carboxylic acid groups (broad SMARTS) is 1. The molecular weight excluding hydrogens is 268 g/mol. The molecule has 0 bridgehead atoms. The number of carbonyl (C=O) groups is 1. The fourth-order valence-corrected chi connectivity index (χ4v) is 2.87. The predicted octanol–water partition coefficient (Wildman–Crippen LogP) is 2.26. The smallest absolute Gasteiger partial charge is 0.339 e. The summed E-state index contributed by atoms with van der Waals surface area (Å²) in [6.45, 7) is 0.788. The molecule has 2 aromatic rings. The number of aromatic nitrogens is 2. The predicted molar refractivity (Wildman–Crippen MR) is 77.5 cm³/mol. The van der Waals surface area contributed by atoms with Crippen LogP contribution in [-0.4, -0.2) is 28.0 Å². The largest absolute Gasteiger partial charge is 0.478 e. The summed E-state index contributed by atoms with van der Waals surface area (Å²) >= 11 is 0. The van der Waals surface area contributed by atoms with E-state index in [1.807, 2.05) is 0 Å². The Morgan fingerprint density at radius 1 is 1.38 bits per heavy atom. The molecule has 0 atom stereocenters. The minimum Gasteiger partial charge on any atom is -0.478 e. The van der Waals surface area contributed by atoms with Crippen LogP contribution < -0.4 is 0 Å². The van der Waals surface area contributed by atoms with Gasteiger partial charge in [0.1, 0.15) is 11.3 Å². The lowest BCUT2D eigenvalue weighted by Gasteiger charge is -2.05. The summed E-state index contributed by atoms with van der Waals surface area (Å²) in [5.41, 5.74) is 4.67. The van der Waals surface area contributed by atoms with Crippen molar-refractivity contribution in [3.63, 3.8) is 0 Å². The highest BCUT2D eigenvalue weighted by atomic mass is 16.5. The van der Waals surface area contributed by atoms with Gasteiger partial charge in [0.2, 0.25) is 0 Å². The van der Waals surface area contributed by atoms with Crippen LogP contribution in [-0.2, 0) is 30.7 Å². The normalized spacial score (nSPS) is 13.4. The second kappa shape index (κ2) is 5.69. The number of ether oxygens (including phenoxy) is 1. The molecule has 0 saturated heterocycles. The Morgan fingerprint density at radius 3 is 2.95 bits per heavy atom. The molecule has 1 aromatic carbocycles. The van der Waals surface area contributed by atoms with E-state index < -0.39 is 5.97 Å². The molecule has 21 heavy (non-hydrogen) atoms. The van der Waals surface area contributed by atoms with Crippen molar-refractivity contribution in [2.45, 2.75) is 32.4 Å². The maximum Gasteiger partial charge on any atom is 0.339 e. The molecule has 1 N–H and O–H groups in total. The average molecular weight is 286 g/mol. The van der Waals surface area contributed by atoms with Gasteiger partial charge in [-0.1, -0.05) is 18.2 Å². The Bertz CT molecular complexity index is 676. The van der Waals surface area contributed by atoms with E-state index in [0.717, 1.165) is 12.0 Å². The van der Waals surface area contributed by atoms with E-state index in [4.69, 9.17) is 4.74 Å². The van der Waals surface area contributed by atoms with Crippen LogP contribution >= 0.6 is 0 Å². The van der Waals surface area contributed by atoms with Gasteiger partial charge in [0.15, 0.2) is 0 Å². The number of nitrogens with zero attached hydrogens (tertiary/aromatic N) is 2. The van der Waals surface area contributed by atoms with Crippen molar-refractivity contribution in [1.82, 2.24) is 9.78 Å². The molecule has 5 heteroatoms. The number of benzene rings is 1. The third kappa shape index (κ3) is 2.83. The molecule has 1 aromatic heterocycles. The van der Waals surface area contributed by atoms with Gasteiger partial charge in [-0.05, 0) is 36.0 Å². The van der Waals surface area contributed by atoms with E-state index in [0.29, 0.717) is 12.2 Å². The van der Waals surface area contributed by atoms with Crippen LogP contribution in [0, 0.1) is 0 Å². The van der Waals surface area contributed by atoms with Gasteiger partial charge in [-0.3, -0.25) is 4.68 Å². The third-order valence-corrected chi connectivity index (χ3v) is 3.86. The van der Waals surface area contributed by atoms with E-state index in [9.17, 15) is 9.90 Å². The zero-order valence-corrected chi connectivity index (χ0v) is 12.0. The molecule has 0 radical (unpaired) electrons. The molecule has 110 valence electrons. The lowest BCUT2D eigenvalue weighted by atomic mass is 10.1. The minimum absolute atomic E-state index is 0.206. The number of fused-ring (bicyclic) bond motifs is 1. The van der Waals surface area contributed by atoms with Crippen molar-refractivity contribution in [3.8, 4) is 0 Å². The van der Waals surface area contributed by atoms with Crippen molar-refractivity contribution in [3.05, 3.63) is 52.3 Å². The van der Waals surface area contributed by atoms with E-state index >= 15 is 0 Å². The van der Waals surface area contributed by atoms with Crippen LogP contribution in [0.4, 0.5) is 0 Å². The zero-order valence-electron chi connectivity index (χ0n) is 12.0. The molecular formula is C16H18N2O3. The van der Waals surface area contributed by atoms with Crippen LogP contribution in [0.3, 0.4) is 0 Å². The van der Waals surface area contributed by atoms with E-state index in [2.05, 4.69) is 23.3 Å². The summed E-state index contributed by atoms with van der Waals surface area (Å²) in [7, 11) is 1.53. The van der Waals surface area contributed by atoms with Crippen LogP contribution in [0.2, 0.25) is 0 Å². The first-order chi connectivity index (χ1) is 10.2. The first-order valence-corrected chi connectivity index (χ1v) is 7.06. The van der Waals surface area contributed by atoms with Gasteiger partial charge >= 0.3 is 5.97 Å². The van der Waals surface area contributed by atoms with Crippen LogP contribution in [0.15, 0.2) is 24.4 Å². The van der Waals surface area contributed by atoms with Gasteiger partial charge < -0.3 is 9.84 Å². The molecule has 0 fully saturated rings. The summed E-state index contributed by atoms with van der Waals surface area (Å²) in [4.78, 5) is 11.2. The Kier molecular flexibility index (Phi) is 3.75. The summed E-state index contributed by atoms with van der Waals surface area (Å²) in [5.74, 6) is -0.970. The summed E-state index contributed by atoms with van der Waals surface area (Å²) in [5, 5.41) is 13.5. The van der Waals surface area contributed by atoms with E-state index in [-0.39, 0.29) is 12.2 Å². The quantitative estimate of drug-likeness (QED) is 0.915. The minimum atomic E-state index is -0.970. The number of hydrogen-bond acceptors (Lipinski definition) is 3. The number of hydrogen-bond donors (Lipinski definition) is 1. The highest BCUT2D eigenvalue weighted by molar-refractivity contribution is 5.88. The van der Waals surface area contributed by atoms with Gasteiger partial charge in [0, 0.05) is 13.3 Å². The van der Waals surface area contributed by atoms with Gasteiger partial charge in [-0.25, -0.2) is 4.79 Å². The maximum atomic E-state index is 11.2. The Morgan fingerprint density at radius 2 is 2.19 bits per heavy atom. The first kappa shape index (κ1) is 13.8. The second-order valence-corrected chi connectivity index (χ2v) is 5.38. The first-order valence-electron chi connectivity index (χ1n) is 7.06.